The number of thioether (sulfide) groups is 1. The minimum absolute atomic E-state index is 0.435. The summed E-state index contributed by atoms with van der Waals surface area (Å²) in [7, 11) is 0. The molecule has 0 amide bonds. The Morgan fingerprint density at radius 1 is 1.24 bits per heavy atom. The van der Waals surface area contributed by atoms with Crippen LogP contribution in [-0.2, 0) is 6.42 Å². The average molecular weight is 249 g/mol. The Kier molecular flexibility index (Phi) is 3.46. The zero-order valence-electron chi connectivity index (χ0n) is 10.1. The number of benzene rings is 1. The highest BCUT2D eigenvalue weighted by molar-refractivity contribution is 7.99. The molecule has 0 bridgehead atoms. The second-order valence-corrected chi connectivity index (χ2v) is 5.97. The van der Waals surface area contributed by atoms with E-state index < -0.39 is 0 Å². The lowest BCUT2D eigenvalue weighted by Gasteiger charge is -2.26. The van der Waals surface area contributed by atoms with Crippen LogP contribution < -0.4 is 10.1 Å². The average Bonchev–Trinajstić information content (AvgIpc) is 2.40. The zero-order chi connectivity index (χ0) is 11.5. The van der Waals surface area contributed by atoms with Gasteiger partial charge in [-0.15, -0.1) is 0 Å². The summed E-state index contributed by atoms with van der Waals surface area (Å²) < 4.78 is 6.20. The highest BCUT2D eigenvalue weighted by Gasteiger charge is 2.19. The molecule has 0 radical (unpaired) electrons. The van der Waals surface area contributed by atoms with Gasteiger partial charge < -0.3 is 10.1 Å². The van der Waals surface area contributed by atoms with Crippen molar-refractivity contribution in [1.29, 1.82) is 0 Å². The van der Waals surface area contributed by atoms with Crippen LogP contribution in [0.5, 0.6) is 5.75 Å². The van der Waals surface area contributed by atoms with Crippen molar-refractivity contribution >= 4 is 17.4 Å². The third-order valence-electron chi connectivity index (χ3n) is 3.51. The van der Waals surface area contributed by atoms with Gasteiger partial charge in [-0.2, -0.15) is 11.8 Å². The van der Waals surface area contributed by atoms with Crippen LogP contribution in [0, 0.1) is 0 Å². The van der Waals surface area contributed by atoms with Gasteiger partial charge in [-0.25, -0.2) is 0 Å². The van der Waals surface area contributed by atoms with E-state index in [-0.39, 0.29) is 0 Å². The van der Waals surface area contributed by atoms with Gasteiger partial charge in [-0.05, 0) is 49.3 Å². The number of ether oxygens (including phenoxy) is 1. The molecule has 1 aromatic rings. The van der Waals surface area contributed by atoms with Crippen LogP contribution in [0.25, 0.3) is 0 Å². The highest BCUT2D eigenvalue weighted by Crippen LogP contribution is 2.32. The van der Waals surface area contributed by atoms with Crippen LogP contribution in [0.2, 0.25) is 0 Å². The predicted octanol–water partition coefficient (Wildman–Crippen LogP) is 3.32. The van der Waals surface area contributed by atoms with Gasteiger partial charge in [0.1, 0.15) is 11.9 Å². The first-order valence-corrected chi connectivity index (χ1v) is 7.69. The monoisotopic (exact) mass is 249 g/mol. The summed E-state index contributed by atoms with van der Waals surface area (Å²) in [5, 5.41) is 3.46. The van der Waals surface area contributed by atoms with Crippen LogP contribution in [0.15, 0.2) is 18.2 Å². The molecular weight excluding hydrogens is 230 g/mol. The Balaban J connectivity index is 1.77. The van der Waals surface area contributed by atoms with Crippen molar-refractivity contribution in [2.24, 2.45) is 0 Å². The standard InChI is InChI=1S/C14H19NOS/c1-4-13-12(3-2-8-15-13)14(5-1)16-11-6-9-17-10-7-11/h1,4-5,11,15H,2-3,6-10H2. The molecule has 0 spiro atoms. The molecular formula is C14H19NOS. The van der Waals surface area contributed by atoms with Crippen LogP contribution in [-0.4, -0.2) is 24.2 Å². The van der Waals surface area contributed by atoms with Gasteiger partial charge >= 0.3 is 0 Å². The molecule has 1 N–H and O–H groups in total. The summed E-state index contributed by atoms with van der Waals surface area (Å²) in [6.45, 7) is 1.09. The van der Waals surface area contributed by atoms with Crippen molar-refractivity contribution in [2.75, 3.05) is 23.4 Å². The number of fused-ring (bicyclic) bond motifs is 1. The van der Waals surface area contributed by atoms with E-state index in [9.17, 15) is 0 Å². The van der Waals surface area contributed by atoms with E-state index in [0.29, 0.717) is 6.10 Å². The van der Waals surface area contributed by atoms with Gasteiger partial charge in [0.15, 0.2) is 0 Å². The van der Waals surface area contributed by atoms with Crippen molar-refractivity contribution in [3.8, 4) is 5.75 Å². The van der Waals surface area contributed by atoms with Crippen LogP contribution in [0.4, 0.5) is 5.69 Å². The van der Waals surface area contributed by atoms with Crippen molar-refractivity contribution in [1.82, 2.24) is 0 Å². The van der Waals surface area contributed by atoms with Gasteiger partial charge in [0.05, 0.1) is 0 Å². The molecule has 2 nitrogen and oxygen atoms in total. The lowest BCUT2D eigenvalue weighted by atomic mass is 10.0. The smallest absolute Gasteiger partial charge is 0.124 e. The number of hydrogen-bond donors (Lipinski definition) is 1. The third-order valence-corrected chi connectivity index (χ3v) is 4.56. The van der Waals surface area contributed by atoms with E-state index in [0.717, 1.165) is 18.7 Å². The predicted molar refractivity (Wildman–Crippen MR) is 74.2 cm³/mol. The van der Waals surface area contributed by atoms with E-state index >= 15 is 0 Å². The van der Waals surface area contributed by atoms with E-state index in [1.807, 2.05) is 11.8 Å². The molecule has 0 unspecified atom stereocenters. The maximum absolute atomic E-state index is 6.20. The van der Waals surface area contributed by atoms with Gasteiger partial charge in [0, 0.05) is 17.8 Å². The van der Waals surface area contributed by atoms with Gasteiger partial charge in [-0.1, -0.05) is 6.07 Å². The zero-order valence-corrected chi connectivity index (χ0v) is 10.9. The van der Waals surface area contributed by atoms with Crippen LogP contribution in [0.3, 0.4) is 0 Å². The second kappa shape index (κ2) is 5.21. The first-order valence-electron chi connectivity index (χ1n) is 6.53. The first kappa shape index (κ1) is 11.3. The fourth-order valence-electron chi connectivity index (χ4n) is 2.56. The molecule has 2 heterocycles. The lowest BCUT2D eigenvalue weighted by molar-refractivity contribution is 0.190. The third kappa shape index (κ3) is 2.54. The summed E-state index contributed by atoms with van der Waals surface area (Å²) >= 11 is 2.05. The summed E-state index contributed by atoms with van der Waals surface area (Å²) in [4.78, 5) is 0. The fraction of sp³-hybridized carbons (Fsp3) is 0.571. The molecule has 1 fully saturated rings. The van der Waals surface area contributed by atoms with Gasteiger partial charge in [-0.3, -0.25) is 0 Å². The summed E-state index contributed by atoms with van der Waals surface area (Å²) in [6.07, 6.45) is 5.20. The molecule has 2 aliphatic heterocycles. The number of rotatable bonds is 2. The summed E-state index contributed by atoms with van der Waals surface area (Å²) in [5.74, 6) is 3.61. The molecule has 0 aliphatic carbocycles. The molecule has 17 heavy (non-hydrogen) atoms. The molecule has 0 saturated carbocycles. The Hall–Kier alpha value is -0.830. The van der Waals surface area contributed by atoms with Crippen LogP contribution >= 0.6 is 11.8 Å². The Bertz CT molecular complexity index is 388. The molecule has 92 valence electrons. The van der Waals surface area contributed by atoms with Crippen molar-refractivity contribution < 1.29 is 4.74 Å². The fourth-order valence-corrected chi connectivity index (χ4v) is 3.62. The van der Waals surface area contributed by atoms with Crippen molar-refractivity contribution in [3.05, 3.63) is 23.8 Å². The minimum atomic E-state index is 0.435. The molecule has 0 aromatic heterocycles. The molecule has 2 aliphatic rings. The number of anilines is 1. The molecule has 1 saturated heterocycles. The largest absolute Gasteiger partial charge is 0.490 e. The topological polar surface area (TPSA) is 21.3 Å². The molecule has 1 aromatic carbocycles. The van der Waals surface area contributed by atoms with E-state index in [2.05, 4.69) is 23.5 Å². The molecule has 3 heteroatoms. The normalized spacial score (nSPS) is 20.5. The Morgan fingerprint density at radius 3 is 3.00 bits per heavy atom. The van der Waals surface area contributed by atoms with E-state index in [4.69, 9.17) is 4.74 Å². The maximum atomic E-state index is 6.20. The highest BCUT2D eigenvalue weighted by atomic mass is 32.2. The van der Waals surface area contributed by atoms with E-state index in [1.54, 1.807) is 0 Å². The first-order chi connectivity index (χ1) is 8.43. The minimum Gasteiger partial charge on any atom is -0.490 e. The Morgan fingerprint density at radius 2 is 2.12 bits per heavy atom. The lowest BCUT2D eigenvalue weighted by Crippen LogP contribution is -2.23. The van der Waals surface area contributed by atoms with Gasteiger partial charge in [0.25, 0.3) is 0 Å². The summed E-state index contributed by atoms with van der Waals surface area (Å²) in [5.41, 5.74) is 2.66. The quantitative estimate of drug-likeness (QED) is 0.869. The van der Waals surface area contributed by atoms with E-state index in [1.165, 1.54) is 42.0 Å². The summed E-state index contributed by atoms with van der Waals surface area (Å²) in [6, 6.07) is 6.40. The number of hydrogen-bond acceptors (Lipinski definition) is 3. The number of nitrogens with one attached hydrogen (secondary N) is 1. The van der Waals surface area contributed by atoms with Crippen molar-refractivity contribution in [2.45, 2.75) is 31.8 Å². The van der Waals surface area contributed by atoms with Gasteiger partial charge in [0.2, 0.25) is 0 Å². The maximum Gasteiger partial charge on any atom is 0.124 e. The Labute approximate surface area is 107 Å². The second-order valence-electron chi connectivity index (χ2n) is 4.74. The molecule has 3 rings (SSSR count). The molecule has 0 atom stereocenters. The van der Waals surface area contributed by atoms with Crippen molar-refractivity contribution in [3.63, 3.8) is 0 Å². The SMILES string of the molecule is c1cc2c(c(OC3CCSCC3)c1)CCCN2. The van der Waals surface area contributed by atoms with Crippen LogP contribution in [0.1, 0.15) is 24.8 Å².